The van der Waals surface area contributed by atoms with Crippen LogP contribution in [0, 0.1) is 18.8 Å². The minimum absolute atomic E-state index is 0. The van der Waals surface area contributed by atoms with E-state index in [0.29, 0.717) is 19.6 Å². The van der Waals surface area contributed by atoms with Crippen LogP contribution in [0.3, 0.4) is 0 Å². The summed E-state index contributed by atoms with van der Waals surface area (Å²) in [6.45, 7) is 16.7. The molecule has 326 valence electrons. The number of carbonyl (C=O) groups is 4. The van der Waals surface area contributed by atoms with Crippen molar-refractivity contribution in [1.82, 2.24) is 34.9 Å². The van der Waals surface area contributed by atoms with Gasteiger partial charge in [-0.2, -0.15) is 0 Å². The Hall–Kier alpha value is -5.28. The van der Waals surface area contributed by atoms with Crippen LogP contribution in [0.25, 0.3) is 0 Å². The molecule has 3 heterocycles. The highest BCUT2D eigenvalue weighted by Gasteiger charge is 2.68. The largest absolute Gasteiger partial charge is 0.463 e. The van der Waals surface area contributed by atoms with E-state index < -0.39 is 23.2 Å². The number of esters is 2. The summed E-state index contributed by atoms with van der Waals surface area (Å²) < 4.78 is 25.0. The van der Waals surface area contributed by atoms with Crippen LogP contribution in [-0.4, -0.2) is 96.7 Å². The summed E-state index contributed by atoms with van der Waals surface area (Å²) in [4.78, 5) is 52.1. The number of rotatable bonds is 15. The summed E-state index contributed by atoms with van der Waals surface area (Å²) in [5, 5.41) is 15.5. The van der Waals surface area contributed by atoms with Crippen molar-refractivity contribution >= 4 is 23.8 Å². The van der Waals surface area contributed by atoms with E-state index in [1.54, 1.807) is 9.36 Å². The number of nitrogens with zero attached hydrogens (tertiary/aromatic N) is 7. The van der Waals surface area contributed by atoms with E-state index in [1.807, 2.05) is 123 Å². The molecular weight excluding hydrogens is 767 g/mol. The molecule has 0 N–H and O–H groups in total. The topological polar surface area (TPSA) is 170 Å². The molecule has 1 saturated heterocycles. The lowest BCUT2D eigenvalue weighted by molar-refractivity contribution is -0.154. The van der Waals surface area contributed by atoms with Gasteiger partial charge < -0.3 is 18.9 Å². The number of aryl methyl sites for hydroxylation is 3. The highest BCUT2D eigenvalue weighted by atomic mass is 16.6. The van der Waals surface area contributed by atoms with E-state index in [2.05, 4.69) is 20.6 Å². The number of hydrogen-bond acceptors (Lipinski definition) is 12. The van der Waals surface area contributed by atoms with Crippen molar-refractivity contribution in [3.8, 4) is 0 Å². The lowest BCUT2D eigenvalue weighted by Crippen LogP contribution is -2.56. The van der Waals surface area contributed by atoms with E-state index in [9.17, 15) is 19.2 Å². The Bertz CT molecular complexity index is 2010. The molecule has 1 aliphatic heterocycles. The molecule has 15 nitrogen and oxygen atoms in total. The molecule has 2 amide bonds. The Kier molecular flexibility index (Phi) is 16.8. The van der Waals surface area contributed by atoms with Crippen LogP contribution in [0.5, 0.6) is 0 Å². The zero-order valence-electron chi connectivity index (χ0n) is 35.8. The molecule has 2 aromatic heterocycles. The maximum Gasteiger partial charge on any atom is 0.332 e. The summed E-state index contributed by atoms with van der Waals surface area (Å²) in [6, 6.07) is 15.9. The molecule has 2 bridgehead atoms. The fourth-order valence-corrected chi connectivity index (χ4v) is 8.10. The van der Waals surface area contributed by atoms with E-state index in [-0.39, 0.29) is 62.7 Å². The summed E-state index contributed by atoms with van der Waals surface area (Å²) in [5.41, 5.74) is 4.92. The molecule has 0 saturated carbocycles. The van der Waals surface area contributed by atoms with Crippen LogP contribution in [0.4, 0.5) is 0 Å². The summed E-state index contributed by atoms with van der Waals surface area (Å²) >= 11 is 0. The zero-order valence-corrected chi connectivity index (χ0v) is 35.8. The number of likely N-dealkylation sites (tertiary alicyclic amines) is 1. The van der Waals surface area contributed by atoms with Crippen LogP contribution in [0.2, 0.25) is 0 Å². The normalized spacial score (nSPS) is 19.5. The standard InChI is InChI=1S/C26H27NO5.C11H19N3O2.C7H13N3O.CH4/c1-4-27-24(29)22-21-16-9-5-7-11-18(16)26(23(22)25(27)30,19-12-8-6-10-17(19)21)14-32-20(28)13-31-15(2)3;1-9(2)16-11(15)6-4-5-7-14-8-10(3)12-13-14;1-6(2)11-5-7-4-10(3)9-8-7;/h5-12,15,21-23H,4,13-14H2,1-3H3;8-9H,4-7H2,1-3H3;4,6H,5H2,1-3H3;1H4. The molecule has 2 unspecified atom stereocenters. The highest BCUT2D eigenvalue weighted by molar-refractivity contribution is 6.08. The van der Waals surface area contributed by atoms with Crippen LogP contribution in [-0.2, 0) is 63.7 Å². The average molecular weight is 830 g/mol. The first-order chi connectivity index (χ1) is 28.2. The van der Waals surface area contributed by atoms with Crippen molar-refractivity contribution in [3.05, 3.63) is 94.6 Å². The van der Waals surface area contributed by atoms with Crippen LogP contribution in [0.15, 0.2) is 60.9 Å². The van der Waals surface area contributed by atoms with Gasteiger partial charge in [0.05, 0.1) is 54.1 Å². The van der Waals surface area contributed by atoms with Gasteiger partial charge in [0.2, 0.25) is 11.8 Å². The van der Waals surface area contributed by atoms with Crippen LogP contribution < -0.4 is 0 Å². The summed E-state index contributed by atoms with van der Waals surface area (Å²) in [6.07, 6.45) is 6.09. The fraction of sp³-hybridized carbons (Fsp3) is 0.556. The molecule has 3 aliphatic carbocycles. The predicted molar refractivity (Wildman–Crippen MR) is 224 cm³/mol. The van der Waals surface area contributed by atoms with Crippen molar-refractivity contribution in [2.24, 2.45) is 18.9 Å². The minimum Gasteiger partial charge on any atom is -0.463 e. The number of benzene rings is 2. The van der Waals surface area contributed by atoms with Crippen molar-refractivity contribution in [1.29, 1.82) is 0 Å². The molecule has 4 aliphatic rings. The maximum absolute atomic E-state index is 13.6. The first-order valence-electron chi connectivity index (χ1n) is 20.5. The maximum atomic E-state index is 13.6. The molecule has 4 aromatic rings. The number of ether oxygens (including phenoxy) is 4. The number of amides is 2. The molecule has 2 aromatic carbocycles. The first-order valence-corrected chi connectivity index (χ1v) is 20.5. The van der Waals surface area contributed by atoms with E-state index in [1.165, 1.54) is 4.90 Å². The Morgan fingerprint density at radius 3 is 1.97 bits per heavy atom. The van der Waals surface area contributed by atoms with Gasteiger partial charge in [-0.05, 0) is 90.5 Å². The quantitative estimate of drug-likeness (QED) is 0.0767. The third-order valence-corrected chi connectivity index (χ3v) is 10.5. The van der Waals surface area contributed by atoms with Crippen LogP contribution in [0.1, 0.15) is 115 Å². The Morgan fingerprint density at radius 1 is 0.800 bits per heavy atom. The molecule has 60 heavy (non-hydrogen) atoms. The van der Waals surface area contributed by atoms with Gasteiger partial charge in [-0.3, -0.25) is 28.6 Å². The van der Waals surface area contributed by atoms with Gasteiger partial charge in [-0.1, -0.05) is 66.4 Å². The number of unbranched alkanes of at least 4 members (excludes halogenated alkanes) is 1. The SMILES string of the molecule is C.CC(C)OCc1cn(C)nn1.CCN1C(=O)C2C3c4ccccc4C(COC(=O)COC(C)C)(c4ccccc43)C2C1=O.Cc1cn(CCCCC(=O)OC(C)C)nn1. The number of imide groups is 1. The molecule has 0 radical (unpaired) electrons. The highest BCUT2D eigenvalue weighted by Crippen LogP contribution is 2.64. The summed E-state index contributed by atoms with van der Waals surface area (Å²) in [5.74, 6) is -2.16. The van der Waals surface area contributed by atoms with Gasteiger partial charge in [0.1, 0.15) is 18.9 Å². The van der Waals surface area contributed by atoms with E-state index in [0.717, 1.165) is 53.0 Å². The third-order valence-electron chi connectivity index (χ3n) is 10.5. The summed E-state index contributed by atoms with van der Waals surface area (Å²) in [7, 11) is 1.84. The van der Waals surface area contributed by atoms with E-state index in [4.69, 9.17) is 18.9 Å². The molecular formula is C45H63N7O8. The average Bonchev–Trinajstić information content (AvgIpc) is 3.90. The Morgan fingerprint density at radius 2 is 1.43 bits per heavy atom. The van der Waals surface area contributed by atoms with Crippen molar-refractivity contribution in [3.63, 3.8) is 0 Å². The lowest BCUT2D eigenvalue weighted by Gasteiger charge is -2.53. The van der Waals surface area contributed by atoms with Gasteiger partial charge in [0.25, 0.3) is 0 Å². The smallest absolute Gasteiger partial charge is 0.332 e. The molecule has 0 spiro atoms. The lowest BCUT2D eigenvalue weighted by atomic mass is 9.47. The second-order valence-electron chi connectivity index (χ2n) is 15.9. The molecule has 15 heteroatoms. The molecule has 8 rings (SSSR count). The second kappa shape index (κ2) is 21.3. The van der Waals surface area contributed by atoms with Gasteiger partial charge in [0, 0.05) is 38.7 Å². The van der Waals surface area contributed by atoms with Gasteiger partial charge in [0.15, 0.2) is 0 Å². The fourth-order valence-electron chi connectivity index (χ4n) is 8.10. The Labute approximate surface area is 354 Å². The number of hydrogen-bond donors (Lipinski definition) is 0. The second-order valence-corrected chi connectivity index (χ2v) is 15.9. The van der Waals surface area contributed by atoms with Gasteiger partial charge in [-0.15, -0.1) is 10.2 Å². The van der Waals surface area contributed by atoms with Crippen molar-refractivity contribution < 1.29 is 38.1 Å². The molecule has 2 atom stereocenters. The van der Waals surface area contributed by atoms with Gasteiger partial charge >= 0.3 is 11.9 Å². The first kappa shape index (κ1) is 47.4. The molecule has 1 fully saturated rings. The predicted octanol–water partition coefficient (Wildman–Crippen LogP) is 6.11. The van der Waals surface area contributed by atoms with Crippen LogP contribution >= 0.6 is 0 Å². The third kappa shape index (κ3) is 10.9. The number of carbonyl (C=O) groups excluding carboxylic acids is 4. The van der Waals surface area contributed by atoms with E-state index >= 15 is 0 Å². The van der Waals surface area contributed by atoms with Crippen molar-refractivity contribution in [2.75, 3.05) is 19.8 Å². The van der Waals surface area contributed by atoms with Gasteiger partial charge in [-0.25, -0.2) is 4.79 Å². The van der Waals surface area contributed by atoms with Crippen molar-refractivity contribution in [2.45, 2.75) is 125 Å². The monoisotopic (exact) mass is 829 g/mol. The number of aromatic nitrogens is 6. The zero-order chi connectivity index (χ0) is 42.9. The minimum atomic E-state index is -0.906. The Balaban J connectivity index is 0.000000236.